The summed E-state index contributed by atoms with van der Waals surface area (Å²) in [5.74, 6) is 1.34. The molecule has 0 amide bonds. The van der Waals surface area contributed by atoms with Gasteiger partial charge in [0.25, 0.3) is 0 Å². The Morgan fingerprint density at radius 3 is 2.48 bits per heavy atom. The zero-order chi connectivity index (χ0) is 23.4. The van der Waals surface area contributed by atoms with Crippen molar-refractivity contribution in [3.63, 3.8) is 0 Å². The minimum atomic E-state index is -1.43. The average Bonchev–Trinajstić information content (AvgIpc) is 3.19. The third kappa shape index (κ3) is 5.11. The third-order valence-corrected chi connectivity index (χ3v) is 6.69. The molecule has 33 heavy (non-hydrogen) atoms. The number of rotatable bonds is 9. The number of hydrogen-bond acceptors (Lipinski definition) is 9. The van der Waals surface area contributed by atoms with Crippen LogP contribution in [-0.2, 0) is 11.3 Å². The Labute approximate surface area is 195 Å². The average molecular weight is 477 g/mol. The number of imidazole rings is 1. The van der Waals surface area contributed by atoms with Gasteiger partial charge in [-0.15, -0.1) is 0 Å². The fraction of sp³-hybridized carbons (Fsp3) is 0.435. The van der Waals surface area contributed by atoms with Gasteiger partial charge in [-0.3, -0.25) is 0 Å². The lowest BCUT2D eigenvalue weighted by Crippen LogP contribution is -2.57. The van der Waals surface area contributed by atoms with Crippen LogP contribution in [0.25, 0.3) is 11.0 Å². The Hall–Kier alpha value is -2.34. The van der Waals surface area contributed by atoms with Crippen LogP contribution in [0.5, 0.6) is 11.5 Å². The first-order chi connectivity index (χ1) is 16.0. The topological polar surface area (TPSA) is 126 Å². The fourth-order valence-corrected chi connectivity index (χ4v) is 4.95. The molecule has 1 saturated heterocycles. The second-order valence-corrected chi connectivity index (χ2v) is 8.77. The summed E-state index contributed by atoms with van der Waals surface area (Å²) in [5.41, 5.74) is 0.804. The van der Waals surface area contributed by atoms with Crippen LogP contribution in [0.1, 0.15) is 6.42 Å². The number of aliphatic hydroxyl groups is 4. The van der Waals surface area contributed by atoms with E-state index in [-0.39, 0.29) is 0 Å². The van der Waals surface area contributed by atoms with E-state index in [1.807, 2.05) is 53.1 Å². The Morgan fingerprint density at radius 2 is 1.73 bits per heavy atom. The molecule has 0 saturated carbocycles. The molecule has 5 atom stereocenters. The first-order valence-electron chi connectivity index (χ1n) is 10.7. The monoisotopic (exact) mass is 476 g/mol. The van der Waals surface area contributed by atoms with Gasteiger partial charge in [-0.05, 0) is 30.7 Å². The van der Waals surface area contributed by atoms with Crippen LogP contribution in [0.4, 0.5) is 0 Å². The number of para-hydroxylation sites is 4. The number of methoxy groups -OCH3 is 1. The Bertz CT molecular complexity index is 1060. The highest BCUT2D eigenvalue weighted by Crippen LogP contribution is 2.35. The van der Waals surface area contributed by atoms with E-state index in [1.54, 1.807) is 7.11 Å². The molecule has 3 aromatic rings. The third-order valence-electron chi connectivity index (χ3n) is 5.54. The van der Waals surface area contributed by atoms with Crippen LogP contribution >= 0.6 is 11.8 Å². The van der Waals surface area contributed by atoms with Crippen molar-refractivity contribution in [2.45, 2.75) is 48.0 Å². The quantitative estimate of drug-likeness (QED) is 0.339. The molecule has 1 fully saturated rings. The van der Waals surface area contributed by atoms with Gasteiger partial charge in [0.1, 0.15) is 29.9 Å². The van der Waals surface area contributed by atoms with Crippen molar-refractivity contribution < 1.29 is 34.6 Å². The van der Waals surface area contributed by atoms with E-state index >= 15 is 0 Å². The fourth-order valence-electron chi connectivity index (χ4n) is 3.77. The number of aliphatic hydroxyl groups excluding tert-OH is 4. The number of fused-ring (bicyclic) bond motifs is 1. The summed E-state index contributed by atoms with van der Waals surface area (Å²) < 4.78 is 18.9. The normalized spacial score (nSPS) is 25.3. The summed E-state index contributed by atoms with van der Waals surface area (Å²) in [4.78, 5) is 4.67. The molecule has 1 aliphatic rings. The maximum absolute atomic E-state index is 10.4. The van der Waals surface area contributed by atoms with Gasteiger partial charge >= 0.3 is 0 Å². The first-order valence-corrected chi connectivity index (χ1v) is 11.6. The Morgan fingerprint density at radius 1 is 1.00 bits per heavy atom. The zero-order valence-electron chi connectivity index (χ0n) is 18.2. The smallest absolute Gasteiger partial charge is 0.171 e. The lowest BCUT2D eigenvalue weighted by Gasteiger charge is -2.39. The number of aryl methyl sites for hydroxylation is 1. The maximum atomic E-state index is 10.4. The van der Waals surface area contributed by atoms with E-state index < -0.39 is 36.5 Å². The summed E-state index contributed by atoms with van der Waals surface area (Å²) in [5, 5.41) is 40.6. The molecule has 1 aromatic heterocycles. The molecule has 5 unspecified atom stereocenters. The number of nitrogens with zero attached hydrogens (tertiary/aromatic N) is 2. The van der Waals surface area contributed by atoms with Crippen LogP contribution in [0, 0.1) is 0 Å². The molecule has 178 valence electrons. The van der Waals surface area contributed by atoms with Crippen molar-refractivity contribution in [2.75, 3.05) is 20.3 Å². The number of aromatic nitrogens is 2. The van der Waals surface area contributed by atoms with Crippen LogP contribution in [0.2, 0.25) is 0 Å². The SMILES string of the molecule is COc1ccccc1OCCCn1c(SC2OC(CO)C(O)C(O)C2O)nc2ccccc21. The lowest BCUT2D eigenvalue weighted by molar-refractivity contribution is -0.205. The van der Waals surface area contributed by atoms with Gasteiger partial charge in [-0.25, -0.2) is 4.98 Å². The predicted molar refractivity (Wildman–Crippen MR) is 122 cm³/mol. The zero-order valence-corrected chi connectivity index (χ0v) is 19.0. The molecule has 4 N–H and O–H groups in total. The highest BCUT2D eigenvalue weighted by atomic mass is 32.2. The molecular weight excluding hydrogens is 448 g/mol. The van der Waals surface area contributed by atoms with Crippen LogP contribution in [0.15, 0.2) is 53.7 Å². The molecular formula is C23H28N2O7S. The summed E-state index contributed by atoms with van der Waals surface area (Å²) in [7, 11) is 1.60. The van der Waals surface area contributed by atoms with E-state index in [0.717, 1.165) is 22.8 Å². The van der Waals surface area contributed by atoms with Crippen LogP contribution in [0.3, 0.4) is 0 Å². The van der Waals surface area contributed by atoms with Gasteiger partial charge in [0, 0.05) is 6.54 Å². The van der Waals surface area contributed by atoms with E-state index in [2.05, 4.69) is 4.98 Å². The molecule has 2 aromatic carbocycles. The van der Waals surface area contributed by atoms with E-state index in [4.69, 9.17) is 14.2 Å². The lowest BCUT2D eigenvalue weighted by atomic mass is 10.0. The van der Waals surface area contributed by atoms with E-state index in [0.29, 0.717) is 36.2 Å². The highest BCUT2D eigenvalue weighted by Gasteiger charge is 2.44. The molecule has 9 nitrogen and oxygen atoms in total. The highest BCUT2D eigenvalue weighted by molar-refractivity contribution is 7.99. The molecule has 0 radical (unpaired) electrons. The van der Waals surface area contributed by atoms with Crippen LogP contribution in [-0.4, -0.2) is 80.2 Å². The number of benzene rings is 2. The van der Waals surface area contributed by atoms with E-state index in [1.165, 1.54) is 0 Å². The summed E-state index contributed by atoms with van der Waals surface area (Å²) in [6.07, 6.45) is -4.45. The minimum absolute atomic E-state index is 0.455. The van der Waals surface area contributed by atoms with Crippen molar-refractivity contribution >= 4 is 22.8 Å². The molecule has 10 heteroatoms. The van der Waals surface area contributed by atoms with Crippen molar-refractivity contribution in [3.05, 3.63) is 48.5 Å². The molecule has 0 aliphatic carbocycles. The molecule has 2 heterocycles. The molecule has 0 bridgehead atoms. The molecule has 0 spiro atoms. The van der Waals surface area contributed by atoms with Crippen LogP contribution < -0.4 is 9.47 Å². The van der Waals surface area contributed by atoms with Gasteiger partial charge in [-0.1, -0.05) is 36.0 Å². The standard InChI is InChI=1S/C23H28N2O7S/c1-30-16-9-4-5-10-17(16)31-12-6-11-25-15-8-3-2-7-14(15)24-23(25)33-22-21(29)20(28)19(27)18(13-26)32-22/h2-5,7-10,18-22,26-29H,6,11-13H2,1H3. The number of hydrogen-bond donors (Lipinski definition) is 4. The second-order valence-electron chi connectivity index (χ2n) is 7.70. The predicted octanol–water partition coefficient (Wildman–Crippen LogP) is 1.41. The Kier molecular flexibility index (Phi) is 7.74. The van der Waals surface area contributed by atoms with E-state index in [9.17, 15) is 20.4 Å². The summed E-state index contributed by atoms with van der Waals surface area (Å²) in [6, 6.07) is 15.1. The number of ether oxygens (including phenoxy) is 3. The van der Waals surface area contributed by atoms with Crippen molar-refractivity contribution in [3.8, 4) is 11.5 Å². The van der Waals surface area contributed by atoms with Crippen molar-refractivity contribution in [1.29, 1.82) is 0 Å². The largest absolute Gasteiger partial charge is 0.493 e. The Balaban J connectivity index is 1.49. The van der Waals surface area contributed by atoms with Gasteiger partial charge in [0.15, 0.2) is 16.7 Å². The first kappa shape index (κ1) is 23.8. The second kappa shape index (κ2) is 10.7. The van der Waals surface area contributed by atoms with Gasteiger partial charge < -0.3 is 39.2 Å². The van der Waals surface area contributed by atoms with Gasteiger partial charge in [0.05, 0.1) is 31.4 Å². The molecule has 4 rings (SSSR count). The van der Waals surface area contributed by atoms with Crippen molar-refractivity contribution in [2.24, 2.45) is 0 Å². The van der Waals surface area contributed by atoms with Crippen molar-refractivity contribution in [1.82, 2.24) is 9.55 Å². The number of thioether (sulfide) groups is 1. The maximum Gasteiger partial charge on any atom is 0.171 e. The van der Waals surface area contributed by atoms with Gasteiger partial charge in [-0.2, -0.15) is 0 Å². The molecule has 1 aliphatic heterocycles. The van der Waals surface area contributed by atoms with Gasteiger partial charge in [0.2, 0.25) is 0 Å². The minimum Gasteiger partial charge on any atom is -0.493 e. The summed E-state index contributed by atoms with van der Waals surface area (Å²) >= 11 is 1.15. The summed E-state index contributed by atoms with van der Waals surface area (Å²) in [6.45, 7) is 0.575.